The van der Waals surface area contributed by atoms with E-state index in [2.05, 4.69) is 0 Å². The summed E-state index contributed by atoms with van der Waals surface area (Å²) in [4.78, 5) is 13.0. The monoisotopic (exact) mass is 373 g/mol. The van der Waals surface area contributed by atoms with Crippen LogP contribution in [0.3, 0.4) is 0 Å². The predicted octanol–water partition coefficient (Wildman–Crippen LogP) is 3.35. The van der Waals surface area contributed by atoms with Crippen LogP contribution < -0.4 is 4.74 Å². The van der Waals surface area contributed by atoms with Crippen LogP contribution in [0.4, 0.5) is 0 Å². The highest BCUT2D eigenvalue weighted by molar-refractivity contribution is 7.89. The lowest BCUT2D eigenvalue weighted by atomic mass is 10.0. The molecule has 6 heteroatoms. The van der Waals surface area contributed by atoms with Gasteiger partial charge in [-0.15, -0.1) is 0 Å². The number of carbonyl (C=O) groups is 1. The summed E-state index contributed by atoms with van der Waals surface area (Å²) in [5.74, 6) is 0.153. The highest BCUT2D eigenvalue weighted by Crippen LogP contribution is 2.34. The van der Waals surface area contributed by atoms with E-state index in [-0.39, 0.29) is 10.7 Å². The Labute approximate surface area is 154 Å². The number of rotatable bonds is 5. The molecule has 1 atom stereocenters. The van der Waals surface area contributed by atoms with Gasteiger partial charge in [0.25, 0.3) is 0 Å². The van der Waals surface area contributed by atoms with Crippen LogP contribution >= 0.6 is 0 Å². The molecular formula is C20H23NO4S. The first kappa shape index (κ1) is 18.6. The molecule has 1 aliphatic rings. The van der Waals surface area contributed by atoms with E-state index in [0.717, 1.165) is 11.1 Å². The Bertz CT molecular complexity index is 922. The van der Waals surface area contributed by atoms with Gasteiger partial charge >= 0.3 is 0 Å². The number of benzene rings is 2. The Morgan fingerprint density at radius 1 is 1.12 bits per heavy atom. The second kappa shape index (κ2) is 7.21. The van der Waals surface area contributed by atoms with E-state index < -0.39 is 16.1 Å². The standard InChI is InChI=1S/C20H23NO4S/c1-14-12-18(25-3)19(13-15(14)2)26(23,24)21-11-7-10-17(21)20(22)16-8-5-4-6-9-16/h4-6,8-9,12-13,17H,7,10-11H2,1-3H3. The largest absolute Gasteiger partial charge is 0.495 e. The SMILES string of the molecule is COc1cc(C)c(C)cc1S(=O)(=O)N1CCCC1C(=O)c1ccccc1. The van der Waals surface area contributed by atoms with Gasteiger partial charge in [0.15, 0.2) is 5.78 Å². The summed E-state index contributed by atoms with van der Waals surface area (Å²) in [6.45, 7) is 4.11. The quantitative estimate of drug-likeness (QED) is 0.754. The number of carbonyl (C=O) groups excluding carboxylic acids is 1. The molecule has 2 aromatic rings. The van der Waals surface area contributed by atoms with E-state index in [0.29, 0.717) is 30.7 Å². The summed E-state index contributed by atoms with van der Waals surface area (Å²) in [6.07, 6.45) is 1.19. The molecule has 1 aliphatic heterocycles. The van der Waals surface area contributed by atoms with Gasteiger partial charge in [-0.3, -0.25) is 4.79 Å². The van der Waals surface area contributed by atoms with Gasteiger partial charge in [-0.2, -0.15) is 4.31 Å². The van der Waals surface area contributed by atoms with Crippen molar-refractivity contribution in [3.8, 4) is 5.75 Å². The Kier molecular flexibility index (Phi) is 5.16. The molecule has 1 saturated heterocycles. The van der Waals surface area contributed by atoms with Crippen LogP contribution in [0, 0.1) is 13.8 Å². The third kappa shape index (κ3) is 3.27. The minimum absolute atomic E-state index is 0.121. The fourth-order valence-corrected chi connectivity index (χ4v) is 5.22. The van der Waals surface area contributed by atoms with Crippen molar-refractivity contribution in [2.45, 2.75) is 37.6 Å². The maximum atomic E-state index is 13.3. The van der Waals surface area contributed by atoms with Crippen LogP contribution in [0.5, 0.6) is 5.75 Å². The topological polar surface area (TPSA) is 63.7 Å². The van der Waals surface area contributed by atoms with Gasteiger partial charge in [-0.25, -0.2) is 8.42 Å². The van der Waals surface area contributed by atoms with Crippen molar-refractivity contribution in [1.82, 2.24) is 4.31 Å². The molecule has 5 nitrogen and oxygen atoms in total. The lowest BCUT2D eigenvalue weighted by Crippen LogP contribution is -2.40. The molecule has 1 fully saturated rings. The van der Waals surface area contributed by atoms with Gasteiger partial charge < -0.3 is 4.74 Å². The second-order valence-electron chi connectivity index (χ2n) is 6.59. The van der Waals surface area contributed by atoms with Crippen LogP contribution in [0.15, 0.2) is 47.4 Å². The molecule has 1 heterocycles. The van der Waals surface area contributed by atoms with Gasteiger partial charge in [-0.05, 0) is 49.9 Å². The highest BCUT2D eigenvalue weighted by Gasteiger charge is 2.40. The molecular weight excluding hydrogens is 350 g/mol. The number of nitrogens with zero attached hydrogens (tertiary/aromatic N) is 1. The van der Waals surface area contributed by atoms with Gasteiger partial charge in [0, 0.05) is 12.1 Å². The lowest BCUT2D eigenvalue weighted by Gasteiger charge is -2.24. The number of methoxy groups -OCH3 is 1. The Morgan fingerprint density at radius 2 is 1.77 bits per heavy atom. The van der Waals surface area contributed by atoms with Crippen molar-refractivity contribution < 1.29 is 17.9 Å². The van der Waals surface area contributed by atoms with Crippen LogP contribution in [0.1, 0.15) is 34.3 Å². The zero-order valence-corrected chi connectivity index (χ0v) is 16.0. The number of hydrogen-bond donors (Lipinski definition) is 0. The third-order valence-corrected chi connectivity index (χ3v) is 6.86. The number of hydrogen-bond acceptors (Lipinski definition) is 4. The molecule has 0 spiro atoms. The van der Waals surface area contributed by atoms with Gasteiger partial charge in [0.1, 0.15) is 10.6 Å². The molecule has 0 amide bonds. The predicted molar refractivity (Wildman–Crippen MR) is 100 cm³/mol. The first-order valence-corrected chi connectivity index (χ1v) is 10.1. The smallest absolute Gasteiger partial charge is 0.247 e. The van der Waals surface area contributed by atoms with Crippen molar-refractivity contribution in [2.24, 2.45) is 0 Å². The van der Waals surface area contributed by atoms with E-state index in [9.17, 15) is 13.2 Å². The van der Waals surface area contributed by atoms with Gasteiger partial charge in [0.05, 0.1) is 13.2 Å². The maximum absolute atomic E-state index is 13.3. The lowest BCUT2D eigenvalue weighted by molar-refractivity contribution is 0.0918. The van der Waals surface area contributed by atoms with Crippen LogP contribution in [-0.4, -0.2) is 38.2 Å². The van der Waals surface area contributed by atoms with Gasteiger partial charge in [-0.1, -0.05) is 30.3 Å². The van der Waals surface area contributed by atoms with Gasteiger partial charge in [0.2, 0.25) is 10.0 Å². The molecule has 2 aromatic carbocycles. The summed E-state index contributed by atoms with van der Waals surface area (Å²) in [5.41, 5.74) is 2.36. The van der Waals surface area contributed by atoms with E-state index in [4.69, 9.17) is 4.74 Å². The van der Waals surface area contributed by atoms with Crippen molar-refractivity contribution in [1.29, 1.82) is 0 Å². The molecule has 0 saturated carbocycles. The van der Waals surface area contributed by atoms with Crippen molar-refractivity contribution >= 4 is 15.8 Å². The molecule has 0 aliphatic carbocycles. The molecule has 3 rings (SSSR count). The fourth-order valence-electron chi connectivity index (χ4n) is 3.34. The zero-order chi connectivity index (χ0) is 18.9. The van der Waals surface area contributed by atoms with Crippen molar-refractivity contribution in [3.05, 3.63) is 59.2 Å². The summed E-state index contributed by atoms with van der Waals surface area (Å²) >= 11 is 0. The normalized spacial score (nSPS) is 18.0. The van der Waals surface area contributed by atoms with Crippen LogP contribution in [0.2, 0.25) is 0 Å². The first-order chi connectivity index (χ1) is 12.4. The van der Waals surface area contributed by atoms with Crippen LogP contribution in [-0.2, 0) is 10.0 Å². The minimum Gasteiger partial charge on any atom is -0.495 e. The Balaban J connectivity index is 2.01. The third-order valence-electron chi connectivity index (χ3n) is 4.93. The summed E-state index contributed by atoms with van der Waals surface area (Å²) < 4.78 is 33.3. The molecule has 0 radical (unpaired) electrons. The molecule has 0 bridgehead atoms. The minimum atomic E-state index is -3.84. The second-order valence-corrected chi connectivity index (χ2v) is 8.45. The fraction of sp³-hybridized carbons (Fsp3) is 0.350. The van der Waals surface area contributed by atoms with Crippen molar-refractivity contribution in [2.75, 3.05) is 13.7 Å². The van der Waals surface area contributed by atoms with E-state index in [1.54, 1.807) is 36.4 Å². The highest BCUT2D eigenvalue weighted by atomic mass is 32.2. The maximum Gasteiger partial charge on any atom is 0.247 e. The number of ether oxygens (including phenoxy) is 1. The summed E-state index contributed by atoms with van der Waals surface area (Å²) in [7, 11) is -2.38. The average molecular weight is 373 g/mol. The zero-order valence-electron chi connectivity index (χ0n) is 15.2. The molecule has 0 aromatic heterocycles. The molecule has 1 unspecified atom stereocenters. The van der Waals surface area contributed by atoms with E-state index in [1.165, 1.54) is 11.4 Å². The Hall–Kier alpha value is -2.18. The summed E-state index contributed by atoms with van der Waals surface area (Å²) in [6, 6.07) is 11.5. The van der Waals surface area contributed by atoms with E-state index >= 15 is 0 Å². The van der Waals surface area contributed by atoms with E-state index in [1.807, 2.05) is 19.9 Å². The average Bonchev–Trinajstić information content (AvgIpc) is 3.14. The first-order valence-electron chi connectivity index (χ1n) is 8.62. The number of Topliss-reactive ketones (excluding diaryl/α,β-unsaturated/α-hetero) is 1. The Morgan fingerprint density at radius 3 is 2.42 bits per heavy atom. The number of ketones is 1. The van der Waals surface area contributed by atoms with Crippen molar-refractivity contribution in [3.63, 3.8) is 0 Å². The molecule has 0 N–H and O–H groups in total. The van der Waals surface area contributed by atoms with Crippen LogP contribution in [0.25, 0.3) is 0 Å². The number of sulfonamides is 1. The summed E-state index contributed by atoms with van der Waals surface area (Å²) in [5, 5.41) is 0. The molecule has 138 valence electrons. The molecule has 26 heavy (non-hydrogen) atoms. The number of aryl methyl sites for hydroxylation is 2.